The van der Waals surface area contributed by atoms with E-state index in [9.17, 15) is 9.90 Å². The largest absolute Gasteiger partial charge is 0.395 e. The molecule has 5 nitrogen and oxygen atoms in total. The van der Waals surface area contributed by atoms with Crippen molar-refractivity contribution in [2.24, 2.45) is 11.1 Å². The molecular formula is C15H26N2O3S. The van der Waals surface area contributed by atoms with Crippen LogP contribution in [0.1, 0.15) is 44.9 Å². The van der Waals surface area contributed by atoms with Crippen molar-refractivity contribution in [3.63, 3.8) is 0 Å². The van der Waals surface area contributed by atoms with Crippen LogP contribution >= 0.6 is 12.2 Å². The highest BCUT2D eigenvalue weighted by atomic mass is 32.1. The van der Waals surface area contributed by atoms with E-state index >= 15 is 0 Å². The summed E-state index contributed by atoms with van der Waals surface area (Å²) in [6.45, 7) is 1.38. The highest BCUT2D eigenvalue weighted by Crippen LogP contribution is 2.35. The number of nitrogens with two attached hydrogens (primary N) is 1. The molecule has 6 heteroatoms. The first-order valence-corrected chi connectivity index (χ1v) is 8.32. The van der Waals surface area contributed by atoms with Crippen molar-refractivity contribution in [3.8, 4) is 0 Å². The van der Waals surface area contributed by atoms with Crippen LogP contribution in [0.4, 0.5) is 0 Å². The van der Waals surface area contributed by atoms with Crippen LogP contribution in [0.25, 0.3) is 0 Å². The Morgan fingerprint density at radius 1 is 1.29 bits per heavy atom. The Bertz CT molecular complexity index is 377. The van der Waals surface area contributed by atoms with E-state index in [1.807, 2.05) is 4.90 Å². The molecule has 1 aliphatic carbocycles. The maximum absolute atomic E-state index is 13.1. The van der Waals surface area contributed by atoms with Crippen molar-refractivity contribution in [1.29, 1.82) is 0 Å². The lowest BCUT2D eigenvalue weighted by Gasteiger charge is -2.42. The Balaban J connectivity index is 2.20. The number of aliphatic hydroxyl groups is 1. The van der Waals surface area contributed by atoms with Crippen LogP contribution in [0, 0.1) is 5.41 Å². The van der Waals surface area contributed by atoms with E-state index in [0.29, 0.717) is 32.6 Å². The van der Waals surface area contributed by atoms with Gasteiger partial charge in [0.05, 0.1) is 11.6 Å². The lowest BCUT2D eigenvalue weighted by Crippen LogP contribution is -2.56. The number of hydrogen-bond acceptors (Lipinski definition) is 4. The summed E-state index contributed by atoms with van der Waals surface area (Å²) in [6.07, 6.45) is 6.63. The van der Waals surface area contributed by atoms with Gasteiger partial charge in [-0.15, -0.1) is 0 Å². The van der Waals surface area contributed by atoms with E-state index < -0.39 is 5.41 Å². The molecule has 1 saturated heterocycles. The molecule has 120 valence electrons. The zero-order valence-electron chi connectivity index (χ0n) is 12.6. The smallest absolute Gasteiger partial charge is 0.236 e. The molecule has 0 aromatic carbocycles. The molecule has 21 heavy (non-hydrogen) atoms. The minimum atomic E-state index is -0.778. The number of nitrogens with zero attached hydrogens (tertiary/aromatic N) is 1. The van der Waals surface area contributed by atoms with Gasteiger partial charge in [0.15, 0.2) is 0 Å². The predicted octanol–water partition coefficient (Wildman–Crippen LogP) is 1.22. The van der Waals surface area contributed by atoms with Gasteiger partial charge in [0.1, 0.15) is 5.41 Å². The van der Waals surface area contributed by atoms with Gasteiger partial charge in [0.25, 0.3) is 0 Å². The SMILES string of the molecule is NC(=S)C1(C(=O)N(CCO)C2CCCCC2)CCOCC1. The first-order valence-electron chi connectivity index (χ1n) is 7.91. The number of thiocarbonyl (C=S) groups is 1. The fraction of sp³-hybridized carbons (Fsp3) is 0.867. The van der Waals surface area contributed by atoms with Crippen LogP contribution in [-0.4, -0.2) is 53.3 Å². The average Bonchev–Trinajstić information content (AvgIpc) is 2.53. The van der Waals surface area contributed by atoms with Crippen molar-refractivity contribution in [1.82, 2.24) is 4.90 Å². The van der Waals surface area contributed by atoms with Gasteiger partial charge in [0.2, 0.25) is 5.91 Å². The van der Waals surface area contributed by atoms with Gasteiger partial charge in [-0.25, -0.2) is 0 Å². The van der Waals surface area contributed by atoms with Crippen molar-refractivity contribution in [2.45, 2.75) is 51.0 Å². The molecule has 0 spiro atoms. The van der Waals surface area contributed by atoms with Crippen molar-refractivity contribution < 1.29 is 14.6 Å². The van der Waals surface area contributed by atoms with Crippen LogP contribution in [0.3, 0.4) is 0 Å². The number of rotatable bonds is 5. The van der Waals surface area contributed by atoms with Crippen LogP contribution in [0.15, 0.2) is 0 Å². The molecule has 0 bridgehead atoms. The molecule has 0 aromatic heterocycles. The van der Waals surface area contributed by atoms with Crippen molar-refractivity contribution in [2.75, 3.05) is 26.4 Å². The number of hydrogen-bond donors (Lipinski definition) is 2. The molecule has 0 radical (unpaired) electrons. The fourth-order valence-corrected chi connectivity index (χ4v) is 3.80. The van der Waals surface area contributed by atoms with Gasteiger partial charge >= 0.3 is 0 Å². The molecule has 0 unspecified atom stereocenters. The molecule has 1 saturated carbocycles. The molecule has 3 N–H and O–H groups in total. The first kappa shape index (κ1) is 16.6. The van der Waals surface area contributed by atoms with E-state index in [-0.39, 0.29) is 23.5 Å². The van der Waals surface area contributed by atoms with Gasteiger partial charge in [0, 0.05) is 25.8 Å². The normalized spacial score (nSPS) is 22.7. The molecule has 1 aliphatic heterocycles. The maximum atomic E-state index is 13.1. The summed E-state index contributed by atoms with van der Waals surface area (Å²) in [5.41, 5.74) is 5.15. The number of ether oxygens (including phenoxy) is 1. The third kappa shape index (κ3) is 3.55. The van der Waals surface area contributed by atoms with Gasteiger partial charge in [-0.1, -0.05) is 31.5 Å². The molecule has 2 aliphatic rings. The van der Waals surface area contributed by atoms with Crippen LogP contribution in [0.2, 0.25) is 0 Å². The zero-order chi connectivity index (χ0) is 15.3. The monoisotopic (exact) mass is 314 g/mol. The van der Waals surface area contributed by atoms with Crippen LogP contribution < -0.4 is 5.73 Å². The van der Waals surface area contributed by atoms with Crippen LogP contribution in [-0.2, 0) is 9.53 Å². The molecular weight excluding hydrogens is 288 g/mol. The third-order valence-corrected chi connectivity index (χ3v) is 5.24. The Morgan fingerprint density at radius 2 is 1.90 bits per heavy atom. The van der Waals surface area contributed by atoms with Crippen molar-refractivity contribution >= 4 is 23.1 Å². The summed E-state index contributed by atoms with van der Waals surface area (Å²) in [6, 6.07) is 0.215. The Kier molecular flexibility index (Phi) is 5.96. The van der Waals surface area contributed by atoms with E-state index in [2.05, 4.69) is 0 Å². The second-order valence-electron chi connectivity index (χ2n) is 6.07. The summed E-state index contributed by atoms with van der Waals surface area (Å²) in [7, 11) is 0. The lowest BCUT2D eigenvalue weighted by molar-refractivity contribution is -0.146. The summed E-state index contributed by atoms with van der Waals surface area (Å²) in [4.78, 5) is 15.3. The highest BCUT2D eigenvalue weighted by molar-refractivity contribution is 7.80. The molecule has 1 heterocycles. The number of carbonyl (C=O) groups is 1. The summed E-state index contributed by atoms with van der Waals surface area (Å²) >= 11 is 5.22. The van der Waals surface area contributed by atoms with Gasteiger partial charge in [-0.2, -0.15) is 0 Å². The summed E-state index contributed by atoms with van der Waals surface area (Å²) in [5, 5.41) is 9.35. The molecule has 0 aromatic rings. The predicted molar refractivity (Wildman–Crippen MR) is 84.9 cm³/mol. The minimum absolute atomic E-state index is 0.000694. The first-order chi connectivity index (χ1) is 10.1. The van der Waals surface area contributed by atoms with Crippen LogP contribution in [0.5, 0.6) is 0 Å². The Labute approximate surface area is 131 Å². The van der Waals surface area contributed by atoms with E-state index in [0.717, 1.165) is 25.7 Å². The Hall–Kier alpha value is -0.720. The molecule has 2 rings (SSSR count). The standard InChI is InChI=1S/C15H26N2O3S/c16-13(21)15(6-10-20-11-7-15)14(19)17(8-9-18)12-4-2-1-3-5-12/h12,18H,1-11H2,(H2,16,21). The van der Waals surface area contributed by atoms with Gasteiger partial charge < -0.3 is 20.5 Å². The van der Waals surface area contributed by atoms with E-state index in [1.165, 1.54) is 6.42 Å². The topological polar surface area (TPSA) is 75.8 Å². The third-order valence-electron chi connectivity index (χ3n) is 4.84. The van der Waals surface area contributed by atoms with E-state index in [4.69, 9.17) is 22.7 Å². The molecule has 1 amide bonds. The van der Waals surface area contributed by atoms with Crippen molar-refractivity contribution in [3.05, 3.63) is 0 Å². The highest BCUT2D eigenvalue weighted by Gasteiger charge is 2.46. The summed E-state index contributed by atoms with van der Waals surface area (Å²) < 4.78 is 5.37. The molecule has 0 atom stereocenters. The summed E-state index contributed by atoms with van der Waals surface area (Å²) in [5.74, 6) is -0.000694. The van der Waals surface area contributed by atoms with Gasteiger partial charge in [-0.3, -0.25) is 4.79 Å². The lowest BCUT2D eigenvalue weighted by atomic mass is 9.77. The molecule has 2 fully saturated rings. The number of amides is 1. The number of carbonyl (C=O) groups excluding carboxylic acids is 1. The maximum Gasteiger partial charge on any atom is 0.236 e. The second-order valence-corrected chi connectivity index (χ2v) is 6.51. The average molecular weight is 314 g/mol. The second kappa shape index (κ2) is 7.51. The number of aliphatic hydroxyl groups excluding tert-OH is 1. The quantitative estimate of drug-likeness (QED) is 0.746. The zero-order valence-corrected chi connectivity index (χ0v) is 13.4. The Morgan fingerprint density at radius 3 is 2.43 bits per heavy atom. The fourth-order valence-electron chi connectivity index (χ4n) is 3.51. The van der Waals surface area contributed by atoms with Gasteiger partial charge in [-0.05, 0) is 25.7 Å². The van der Waals surface area contributed by atoms with E-state index in [1.54, 1.807) is 0 Å². The minimum Gasteiger partial charge on any atom is -0.395 e.